The first-order valence-electron chi connectivity index (χ1n) is 9.54. The van der Waals surface area contributed by atoms with E-state index in [-0.39, 0.29) is 35.9 Å². The summed E-state index contributed by atoms with van der Waals surface area (Å²) in [6.45, 7) is 12.6. The maximum absolute atomic E-state index is 12.8. The average molecular weight is 406 g/mol. The maximum atomic E-state index is 12.8. The maximum Gasteiger partial charge on any atom is 0.375 e. The number of benzene rings is 1. The van der Waals surface area contributed by atoms with Gasteiger partial charge in [-0.1, -0.05) is 51.1 Å². The average Bonchev–Trinajstić information content (AvgIpc) is 2.89. The normalized spacial score (nSPS) is 21.1. The van der Waals surface area contributed by atoms with Crippen molar-refractivity contribution in [2.24, 2.45) is 10.8 Å². The van der Waals surface area contributed by atoms with E-state index >= 15 is 0 Å². The molecule has 0 aliphatic carbocycles. The number of nitrogens with zero attached hydrogens (tertiary/aromatic N) is 2. The monoisotopic (exact) mass is 405 g/mol. The Hall–Kier alpha value is -2.19. The molecule has 0 unspecified atom stereocenters. The van der Waals surface area contributed by atoms with E-state index in [1.54, 1.807) is 6.92 Å². The van der Waals surface area contributed by atoms with Gasteiger partial charge >= 0.3 is 5.97 Å². The van der Waals surface area contributed by atoms with Crippen molar-refractivity contribution in [1.29, 1.82) is 0 Å². The summed E-state index contributed by atoms with van der Waals surface area (Å²) in [5.41, 5.74) is 6.66. The van der Waals surface area contributed by atoms with Crippen LogP contribution in [0.2, 0.25) is 18.1 Å². The van der Waals surface area contributed by atoms with Gasteiger partial charge in [0.1, 0.15) is 6.04 Å². The largest absolute Gasteiger partial charge is 0.460 e. The molecule has 1 fully saturated rings. The van der Waals surface area contributed by atoms with Crippen molar-refractivity contribution in [3.05, 3.63) is 35.9 Å². The molecule has 1 heterocycles. The topological polar surface area (TPSA) is 94.2 Å². The summed E-state index contributed by atoms with van der Waals surface area (Å²) in [4.78, 5) is 24.6. The molecule has 2 atom stereocenters. The summed E-state index contributed by atoms with van der Waals surface area (Å²) in [6, 6.07) is 9.11. The van der Waals surface area contributed by atoms with Crippen LogP contribution in [0.4, 0.5) is 0 Å². The summed E-state index contributed by atoms with van der Waals surface area (Å²) in [6.07, 6.45) is -0.180. The number of amidine groups is 1. The predicted octanol–water partition coefficient (Wildman–Crippen LogP) is 3.19. The van der Waals surface area contributed by atoms with Crippen molar-refractivity contribution >= 4 is 26.0 Å². The van der Waals surface area contributed by atoms with Crippen LogP contribution in [0, 0.1) is 0 Å². The third kappa shape index (κ3) is 4.80. The summed E-state index contributed by atoms with van der Waals surface area (Å²) in [5, 5.41) is 5.39. The van der Waals surface area contributed by atoms with E-state index in [0.29, 0.717) is 0 Å². The molecular weight excluding hydrogens is 374 g/mol. The highest BCUT2D eigenvalue weighted by Crippen LogP contribution is 2.43. The fourth-order valence-corrected chi connectivity index (χ4v) is 4.16. The summed E-state index contributed by atoms with van der Waals surface area (Å²) < 4.78 is 11.5. The van der Waals surface area contributed by atoms with Crippen LogP contribution in [0.1, 0.15) is 45.7 Å². The first kappa shape index (κ1) is 22.1. The number of esters is 1. The number of carbonyl (C=O) groups excluding carboxylic acids is 2. The zero-order chi connectivity index (χ0) is 21.1. The highest BCUT2D eigenvalue weighted by atomic mass is 28.4. The van der Waals surface area contributed by atoms with E-state index in [2.05, 4.69) is 39.0 Å². The molecule has 0 radical (unpaired) electrons. The lowest BCUT2D eigenvalue weighted by Crippen LogP contribution is -2.45. The third-order valence-electron chi connectivity index (χ3n) is 5.34. The molecule has 1 aliphatic rings. The minimum atomic E-state index is -2.13. The van der Waals surface area contributed by atoms with Crippen LogP contribution in [0.15, 0.2) is 35.4 Å². The molecule has 8 heteroatoms. The van der Waals surface area contributed by atoms with E-state index < -0.39 is 20.3 Å². The lowest BCUT2D eigenvalue weighted by Gasteiger charge is -2.39. The summed E-state index contributed by atoms with van der Waals surface area (Å²) in [5.74, 6) is -1.32. The molecule has 154 valence electrons. The smallest absolute Gasteiger partial charge is 0.375 e. The quantitative estimate of drug-likeness (QED) is 0.351. The fraction of sp³-hybridized carbons (Fsp3) is 0.550. The van der Waals surface area contributed by atoms with Crippen molar-refractivity contribution in [2.75, 3.05) is 6.61 Å². The molecule has 0 aromatic heterocycles. The lowest BCUT2D eigenvalue weighted by atomic mass is 10.0. The fourth-order valence-electron chi connectivity index (χ4n) is 2.84. The molecule has 0 bridgehead atoms. The van der Waals surface area contributed by atoms with Gasteiger partial charge in [0.05, 0.1) is 19.1 Å². The van der Waals surface area contributed by atoms with E-state index in [4.69, 9.17) is 14.9 Å². The van der Waals surface area contributed by atoms with Gasteiger partial charge in [-0.15, -0.1) is 5.10 Å². The number of rotatable bonds is 5. The second-order valence-electron chi connectivity index (χ2n) is 8.42. The third-order valence-corrected chi connectivity index (χ3v) is 9.84. The summed E-state index contributed by atoms with van der Waals surface area (Å²) >= 11 is 0. The second kappa shape index (κ2) is 8.44. The molecule has 1 aromatic rings. The van der Waals surface area contributed by atoms with Gasteiger partial charge in [0.15, 0.2) is 8.32 Å². The zero-order valence-corrected chi connectivity index (χ0v) is 18.6. The van der Waals surface area contributed by atoms with Crippen LogP contribution in [-0.4, -0.2) is 43.7 Å². The molecule has 2 N–H and O–H groups in total. The Morgan fingerprint density at radius 2 is 1.89 bits per heavy atom. The van der Waals surface area contributed by atoms with Crippen molar-refractivity contribution in [3.8, 4) is 0 Å². The van der Waals surface area contributed by atoms with E-state index in [1.165, 1.54) is 5.01 Å². The van der Waals surface area contributed by atoms with Gasteiger partial charge in [-0.05, 0) is 30.6 Å². The van der Waals surface area contributed by atoms with Crippen LogP contribution in [0.3, 0.4) is 0 Å². The van der Waals surface area contributed by atoms with Gasteiger partial charge in [0.2, 0.25) is 11.7 Å². The molecule has 0 saturated carbocycles. The zero-order valence-electron chi connectivity index (χ0n) is 17.6. The lowest BCUT2D eigenvalue weighted by molar-refractivity contribution is -0.135. The molecular formula is C20H31N3O4Si. The Kier molecular flexibility index (Phi) is 6.66. The standard InChI is InChI=1S/C20H31N3O4Si/c1-7-26-19(25)18(21)22-23-16(24)13-15(27-28(5,6)20(2,3)4)17(23)14-11-9-8-10-12-14/h8-12,15,17H,7,13H2,1-6H3,(H2,21,22)/t15-,17-/m0/s1. The molecule has 1 aromatic carbocycles. The number of hydrazone groups is 1. The van der Waals surface area contributed by atoms with Crippen molar-refractivity contribution < 1.29 is 18.8 Å². The van der Waals surface area contributed by atoms with Crippen molar-refractivity contribution in [1.82, 2.24) is 5.01 Å². The molecule has 28 heavy (non-hydrogen) atoms. The number of amides is 1. The van der Waals surface area contributed by atoms with E-state index in [9.17, 15) is 9.59 Å². The number of nitrogens with two attached hydrogens (primary N) is 1. The SMILES string of the molecule is CCOC(=O)/C(N)=N/N1C(=O)C[C@H](O[Si](C)(C)C(C)(C)C)[C@@H]1c1ccccc1. The van der Waals surface area contributed by atoms with Gasteiger partial charge in [-0.3, -0.25) is 4.79 Å². The molecule has 1 saturated heterocycles. The van der Waals surface area contributed by atoms with Crippen LogP contribution in [0.25, 0.3) is 0 Å². The Morgan fingerprint density at radius 1 is 1.29 bits per heavy atom. The van der Waals surface area contributed by atoms with Crippen molar-refractivity contribution in [2.45, 2.75) is 64.4 Å². The number of hydrogen-bond acceptors (Lipinski definition) is 5. The van der Waals surface area contributed by atoms with Gasteiger partial charge in [-0.25, -0.2) is 9.80 Å². The summed E-state index contributed by atoms with van der Waals surface area (Å²) in [7, 11) is -2.13. The first-order valence-corrected chi connectivity index (χ1v) is 12.4. The Morgan fingerprint density at radius 3 is 2.43 bits per heavy atom. The molecule has 7 nitrogen and oxygen atoms in total. The van der Waals surface area contributed by atoms with E-state index in [0.717, 1.165) is 5.56 Å². The van der Waals surface area contributed by atoms with Gasteiger partial charge in [0.25, 0.3) is 0 Å². The Bertz CT molecular complexity index is 744. The number of carbonyl (C=O) groups is 2. The Balaban J connectivity index is 2.41. The highest BCUT2D eigenvalue weighted by Gasteiger charge is 2.47. The second-order valence-corrected chi connectivity index (χ2v) is 13.2. The van der Waals surface area contributed by atoms with Crippen LogP contribution >= 0.6 is 0 Å². The minimum absolute atomic E-state index is 0.00205. The van der Waals surface area contributed by atoms with Crippen LogP contribution < -0.4 is 5.73 Å². The molecule has 1 aliphatic heterocycles. The van der Waals surface area contributed by atoms with Gasteiger partial charge in [-0.2, -0.15) is 0 Å². The van der Waals surface area contributed by atoms with Crippen molar-refractivity contribution in [3.63, 3.8) is 0 Å². The molecule has 2 rings (SSSR count). The van der Waals surface area contributed by atoms with Crippen LogP contribution in [0.5, 0.6) is 0 Å². The Labute approximate surface area is 168 Å². The highest BCUT2D eigenvalue weighted by molar-refractivity contribution is 6.74. The first-order chi connectivity index (χ1) is 13.0. The molecule has 1 amide bonds. The predicted molar refractivity (Wildman–Crippen MR) is 111 cm³/mol. The van der Waals surface area contributed by atoms with E-state index in [1.807, 2.05) is 30.3 Å². The minimum Gasteiger partial charge on any atom is -0.460 e. The number of ether oxygens (including phenoxy) is 1. The number of hydrogen-bond donors (Lipinski definition) is 1. The van der Waals surface area contributed by atoms with Gasteiger partial charge < -0.3 is 14.9 Å². The molecule has 0 spiro atoms. The van der Waals surface area contributed by atoms with Crippen LogP contribution in [-0.2, 0) is 18.8 Å². The van der Waals surface area contributed by atoms with Gasteiger partial charge in [0, 0.05) is 0 Å².